The van der Waals surface area contributed by atoms with Crippen LogP contribution in [0.25, 0.3) is 0 Å². The molecule has 1 heterocycles. The molecule has 7 nitrogen and oxygen atoms in total. The predicted molar refractivity (Wildman–Crippen MR) is 113 cm³/mol. The van der Waals surface area contributed by atoms with Crippen molar-refractivity contribution in [3.05, 3.63) is 52.5 Å². The molecule has 0 atom stereocenters. The Morgan fingerprint density at radius 3 is 2.59 bits per heavy atom. The molecule has 1 aliphatic heterocycles. The summed E-state index contributed by atoms with van der Waals surface area (Å²) in [5.74, 6) is -0.551. The molecule has 2 N–H and O–H groups in total. The van der Waals surface area contributed by atoms with Gasteiger partial charge in [-0.25, -0.2) is 8.42 Å². The van der Waals surface area contributed by atoms with E-state index in [4.69, 9.17) is 11.6 Å². The van der Waals surface area contributed by atoms with E-state index in [9.17, 15) is 18.0 Å². The van der Waals surface area contributed by atoms with Crippen LogP contribution in [-0.2, 0) is 21.2 Å². The number of anilines is 2. The molecule has 0 unspecified atom stereocenters. The molecular formula is C20H22ClN3O4S. The SMILES string of the molecule is CC(C)N(C)S(=O)(=O)c1ccc(Cl)c(C(=O)Nc2ccc3c(c2)CCC(=O)N3)c1. The van der Waals surface area contributed by atoms with Gasteiger partial charge >= 0.3 is 0 Å². The van der Waals surface area contributed by atoms with E-state index in [1.54, 1.807) is 32.0 Å². The van der Waals surface area contributed by atoms with Gasteiger partial charge in [-0.3, -0.25) is 9.59 Å². The average Bonchev–Trinajstić information content (AvgIpc) is 2.67. The quantitative estimate of drug-likeness (QED) is 0.751. The Bertz CT molecular complexity index is 1080. The molecule has 3 rings (SSSR count). The first-order valence-corrected chi connectivity index (χ1v) is 10.9. The molecular weight excluding hydrogens is 414 g/mol. The second-order valence-electron chi connectivity index (χ2n) is 7.13. The molecule has 0 aromatic heterocycles. The Balaban J connectivity index is 1.87. The van der Waals surface area contributed by atoms with E-state index in [2.05, 4.69) is 10.6 Å². The van der Waals surface area contributed by atoms with Gasteiger partial charge in [-0.05, 0) is 62.2 Å². The fourth-order valence-electron chi connectivity index (χ4n) is 2.94. The van der Waals surface area contributed by atoms with E-state index in [1.165, 1.54) is 29.6 Å². The van der Waals surface area contributed by atoms with E-state index < -0.39 is 15.9 Å². The first-order valence-electron chi connectivity index (χ1n) is 9.11. The van der Waals surface area contributed by atoms with Crippen molar-refractivity contribution in [1.29, 1.82) is 0 Å². The van der Waals surface area contributed by atoms with Crippen molar-refractivity contribution in [3.63, 3.8) is 0 Å². The molecule has 0 saturated carbocycles. The second kappa shape index (κ2) is 8.14. The molecule has 9 heteroatoms. The fraction of sp³-hybridized carbons (Fsp3) is 0.300. The van der Waals surface area contributed by atoms with Crippen LogP contribution >= 0.6 is 11.6 Å². The summed E-state index contributed by atoms with van der Waals surface area (Å²) in [4.78, 5) is 24.2. The molecule has 1 aliphatic rings. The van der Waals surface area contributed by atoms with Crippen LogP contribution in [0.3, 0.4) is 0 Å². The summed E-state index contributed by atoms with van der Waals surface area (Å²) in [6.45, 7) is 3.53. The van der Waals surface area contributed by atoms with Gasteiger partial charge in [0, 0.05) is 30.9 Å². The number of rotatable bonds is 5. The van der Waals surface area contributed by atoms with Gasteiger partial charge in [0.15, 0.2) is 0 Å². The van der Waals surface area contributed by atoms with Gasteiger partial charge in [-0.1, -0.05) is 11.6 Å². The van der Waals surface area contributed by atoms with Crippen LogP contribution in [0.2, 0.25) is 5.02 Å². The Kier molecular flexibility index (Phi) is 5.97. The van der Waals surface area contributed by atoms with E-state index in [0.29, 0.717) is 18.5 Å². The minimum absolute atomic E-state index is 0.00333. The summed E-state index contributed by atoms with van der Waals surface area (Å²) in [5, 5.41) is 5.68. The van der Waals surface area contributed by atoms with Crippen LogP contribution in [0.15, 0.2) is 41.3 Å². The van der Waals surface area contributed by atoms with Crippen molar-refractivity contribution >= 4 is 44.8 Å². The molecule has 0 radical (unpaired) electrons. The molecule has 0 saturated heterocycles. The van der Waals surface area contributed by atoms with Gasteiger partial charge in [0.1, 0.15) is 0 Å². The van der Waals surface area contributed by atoms with Gasteiger partial charge in [0.05, 0.1) is 15.5 Å². The maximum Gasteiger partial charge on any atom is 0.257 e. The summed E-state index contributed by atoms with van der Waals surface area (Å²) in [7, 11) is -2.26. The fourth-order valence-corrected chi connectivity index (χ4v) is 4.54. The number of carbonyl (C=O) groups is 2. The van der Waals surface area contributed by atoms with Crippen LogP contribution in [0.5, 0.6) is 0 Å². The number of amides is 2. The Labute approximate surface area is 175 Å². The molecule has 2 aromatic carbocycles. The first kappa shape index (κ1) is 21.3. The van der Waals surface area contributed by atoms with Crippen LogP contribution in [0.1, 0.15) is 36.2 Å². The lowest BCUT2D eigenvalue weighted by molar-refractivity contribution is -0.116. The summed E-state index contributed by atoms with van der Waals surface area (Å²) < 4.78 is 26.7. The standard InChI is InChI=1S/C20H22ClN3O4S/c1-12(2)24(3)29(27,28)15-6-7-17(21)16(11-15)20(26)22-14-5-8-18-13(10-14)4-9-19(25)23-18/h5-8,10-12H,4,9H2,1-3H3,(H,22,26)(H,23,25). The zero-order valence-corrected chi connectivity index (χ0v) is 17.9. The number of aryl methyl sites for hydroxylation is 1. The zero-order chi connectivity index (χ0) is 21.3. The highest BCUT2D eigenvalue weighted by Gasteiger charge is 2.25. The van der Waals surface area contributed by atoms with Gasteiger partial charge in [0.2, 0.25) is 15.9 Å². The number of hydrogen-bond acceptors (Lipinski definition) is 4. The van der Waals surface area contributed by atoms with Crippen LogP contribution in [-0.4, -0.2) is 37.6 Å². The summed E-state index contributed by atoms with van der Waals surface area (Å²) >= 11 is 6.16. The third kappa shape index (κ3) is 4.44. The smallest absolute Gasteiger partial charge is 0.257 e. The lowest BCUT2D eigenvalue weighted by atomic mass is 10.0. The number of fused-ring (bicyclic) bond motifs is 1. The molecule has 0 bridgehead atoms. The van der Waals surface area contributed by atoms with Crippen LogP contribution in [0, 0.1) is 0 Å². The van der Waals surface area contributed by atoms with Gasteiger partial charge in [0.25, 0.3) is 5.91 Å². The van der Waals surface area contributed by atoms with Crippen molar-refractivity contribution < 1.29 is 18.0 Å². The predicted octanol–water partition coefficient (Wildman–Crippen LogP) is 3.51. The van der Waals surface area contributed by atoms with E-state index in [0.717, 1.165) is 11.3 Å². The van der Waals surface area contributed by atoms with Crippen LogP contribution in [0.4, 0.5) is 11.4 Å². The number of nitrogens with zero attached hydrogens (tertiary/aromatic N) is 1. The molecule has 2 amide bonds. The normalized spacial score (nSPS) is 13.9. The topological polar surface area (TPSA) is 95.6 Å². The maximum absolute atomic E-state index is 12.8. The van der Waals surface area contributed by atoms with Gasteiger partial charge < -0.3 is 10.6 Å². The van der Waals surface area contributed by atoms with Crippen molar-refractivity contribution in [3.8, 4) is 0 Å². The Hall–Kier alpha value is -2.42. The number of halogens is 1. The Morgan fingerprint density at radius 1 is 1.17 bits per heavy atom. The molecule has 2 aromatic rings. The molecule has 154 valence electrons. The van der Waals surface area contributed by atoms with Gasteiger partial charge in [-0.15, -0.1) is 0 Å². The lowest BCUT2D eigenvalue weighted by Gasteiger charge is -2.21. The van der Waals surface area contributed by atoms with Gasteiger partial charge in [-0.2, -0.15) is 4.31 Å². The third-order valence-electron chi connectivity index (χ3n) is 4.85. The molecule has 0 aliphatic carbocycles. The van der Waals surface area contributed by atoms with E-state index in [-0.39, 0.29) is 27.4 Å². The minimum Gasteiger partial charge on any atom is -0.326 e. The van der Waals surface area contributed by atoms with Crippen LogP contribution < -0.4 is 10.6 Å². The number of hydrogen-bond donors (Lipinski definition) is 2. The lowest BCUT2D eigenvalue weighted by Crippen LogP contribution is -2.33. The maximum atomic E-state index is 12.8. The van der Waals surface area contributed by atoms with Crippen molar-refractivity contribution in [2.24, 2.45) is 0 Å². The van der Waals surface area contributed by atoms with E-state index >= 15 is 0 Å². The van der Waals surface area contributed by atoms with Crippen molar-refractivity contribution in [2.45, 2.75) is 37.6 Å². The molecule has 0 spiro atoms. The first-order chi connectivity index (χ1) is 13.6. The number of carbonyl (C=O) groups excluding carboxylic acids is 2. The number of nitrogens with one attached hydrogen (secondary N) is 2. The second-order valence-corrected chi connectivity index (χ2v) is 9.54. The largest absolute Gasteiger partial charge is 0.326 e. The van der Waals surface area contributed by atoms with Crippen molar-refractivity contribution in [2.75, 3.05) is 17.7 Å². The van der Waals surface area contributed by atoms with E-state index in [1.807, 2.05) is 0 Å². The molecule has 29 heavy (non-hydrogen) atoms. The Morgan fingerprint density at radius 2 is 1.90 bits per heavy atom. The average molecular weight is 436 g/mol. The van der Waals surface area contributed by atoms with Crippen molar-refractivity contribution in [1.82, 2.24) is 4.31 Å². The summed E-state index contributed by atoms with van der Waals surface area (Å²) in [6.07, 6.45) is 0.973. The molecule has 0 fully saturated rings. The highest BCUT2D eigenvalue weighted by Crippen LogP contribution is 2.27. The highest BCUT2D eigenvalue weighted by molar-refractivity contribution is 7.89. The monoisotopic (exact) mass is 435 g/mol. The summed E-state index contributed by atoms with van der Waals surface area (Å²) in [5.41, 5.74) is 2.25. The summed E-state index contributed by atoms with van der Waals surface area (Å²) in [6, 6.07) is 9.02. The number of sulfonamides is 1. The zero-order valence-electron chi connectivity index (χ0n) is 16.3. The highest BCUT2D eigenvalue weighted by atomic mass is 35.5. The minimum atomic E-state index is -3.75. The number of benzene rings is 2. The third-order valence-corrected chi connectivity index (χ3v) is 7.20.